The molecule has 7 nitrogen and oxygen atoms in total. The van der Waals surface area contributed by atoms with Crippen LogP contribution in [0.3, 0.4) is 0 Å². The summed E-state index contributed by atoms with van der Waals surface area (Å²) < 4.78 is 0. The molecule has 0 saturated heterocycles. The Balaban J connectivity index is 2.85. The van der Waals surface area contributed by atoms with Gasteiger partial charge in [-0.2, -0.15) is 0 Å². The first kappa shape index (κ1) is 14.6. The Labute approximate surface area is 110 Å². The van der Waals surface area contributed by atoms with Gasteiger partial charge in [-0.3, -0.25) is 9.59 Å². The van der Waals surface area contributed by atoms with Gasteiger partial charge in [0, 0.05) is 32.9 Å². The van der Waals surface area contributed by atoms with E-state index in [0.29, 0.717) is 0 Å². The minimum absolute atomic E-state index is 0.0729. The van der Waals surface area contributed by atoms with Gasteiger partial charge in [0.15, 0.2) is 0 Å². The number of carboxylic acid groups (broad SMARTS) is 1. The SMILES string of the molecule is CN(C)C(=O)CN(C)C(=O)c1ccnc(C(=O)O)c1. The zero-order chi connectivity index (χ0) is 14.6. The van der Waals surface area contributed by atoms with Crippen LogP contribution in [0.4, 0.5) is 0 Å². The van der Waals surface area contributed by atoms with Crippen molar-refractivity contribution in [3.05, 3.63) is 29.6 Å². The molecule has 1 aromatic heterocycles. The summed E-state index contributed by atoms with van der Waals surface area (Å²) in [4.78, 5) is 40.5. The van der Waals surface area contributed by atoms with Gasteiger partial charge in [-0.05, 0) is 12.1 Å². The maximum Gasteiger partial charge on any atom is 0.354 e. The Morgan fingerprint density at radius 3 is 2.42 bits per heavy atom. The van der Waals surface area contributed by atoms with Crippen molar-refractivity contribution in [3.63, 3.8) is 0 Å². The minimum Gasteiger partial charge on any atom is -0.477 e. The molecule has 0 atom stereocenters. The topological polar surface area (TPSA) is 90.8 Å². The molecule has 1 rings (SSSR count). The van der Waals surface area contributed by atoms with Gasteiger partial charge >= 0.3 is 5.97 Å². The molecule has 0 spiro atoms. The number of carbonyl (C=O) groups excluding carboxylic acids is 2. The highest BCUT2D eigenvalue weighted by Gasteiger charge is 2.17. The molecule has 0 aliphatic carbocycles. The summed E-state index contributed by atoms with van der Waals surface area (Å²) in [6.45, 7) is -0.0729. The van der Waals surface area contributed by atoms with E-state index in [4.69, 9.17) is 5.11 Å². The summed E-state index contributed by atoms with van der Waals surface area (Å²) >= 11 is 0. The van der Waals surface area contributed by atoms with Gasteiger partial charge < -0.3 is 14.9 Å². The first-order valence-corrected chi connectivity index (χ1v) is 5.48. The van der Waals surface area contributed by atoms with Crippen molar-refractivity contribution >= 4 is 17.8 Å². The summed E-state index contributed by atoms with van der Waals surface area (Å²) in [6, 6.07) is 2.59. The molecule has 0 aliphatic rings. The number of nitrogens with zero attached hydrogens (tertiary/aromatic N) is 3. The Bertz CT molecular complexity index is 513. The van der Waals surface area contributed by atoms with Crippen LogP contribution in [0.15, 0.2) is 18.3 Å². The average Bonchev–Trinajstić information content (AvgIpc) is 2.37. The molecular weight excluding hydrogens is 250 g/mol. The van der Waals surface area contributed by atoms with E-state index >= 15 is 0 Å². The third kappa shape index (κ3) is 3.77. The van der Waals surface area contributed by atoms with Gasteiger partial charge in [-0.1, -0.05) is 0 Å². The van der Waals surface area contributed by atoms with Crippen molar-refractivity contribution in [3.8, 4) is 0 Å². The molecule has 1 N–H and O–H groups in total. The fourth-order valence-corrected chi connectivity index (χ4v) is 1.32. The maximum absolute atomic E-state index is 12.0. The van der Waals surface area contributed by atoms with Gasteiger partial charge in [0.25, 0.3) is 5.91 Å². The van der Waals surface area contributed by atoms with Gasteiger partial charge in [0.2, 0.25) is 5.91 Å². The van der Waals surface area contributed by atoms with Crippen molar-refractivity contribution in [2.24, 2.45) is 0 Å². The number of carbonyl (C=O) groups is 3. The number of pyridine rings is 1. The summed E-state index contributed by atoms with van der Waals surface area (Å²) in [5, 5.41) is 8.80. The largest absolute Gasteiger partial charge is 0.477 e. The third-order valence-electron chi connectivity index (χ3n) is 2.44. The molecular formula is C12H15N3O4. The van der Waals surface area contributed by atoms with Crippen LogP contribution in [0, 0.1) is 0 Å². The summed E-state index contributed by atoms with van der Waals surface area (Å²) in [6.07, 6.45) is 1.25. The van der Waals surface area contributed by atoms with Crippen LogP contribution < -0.4 is 0 Å². The van der Waals surface area contributed by atoms with E-state index < -0.39 is 11.9 Å². The van der Waals surface area contributed by atoms with Gasteiger partial charge in [-0.25, -0.2) is 9.78 Å². The number of amides is 2. The normalized spacial score (nSPS) is 9.84. The monoisotopic (exact) mass is 265 g/mol. The van der Waals surface area contributed by atoms with Crippen LogP contribution in [0.25, 0.3) is 0 Å². The quantitative estimate of drug-likeness (QED) is 0.823. The van der Waals surface area contributed by atoms with Crippen molar-refractivity contribution in [2.75, 3.05) is 27.7 Å². The Kier molecular flexibility index (Phi) is 4.57. The molecule has 0 saturated carbocycles. The molecule has 2 amide bonds. The van der Waals surface area contributed by atoms with Crippen molar-refractivity contribution in [2.45, 2.75) is 0 Å². The van der Waals surface area contributed by atoms with Crippen LogP contribution >= 0.6 is 0 Å². The second-order valence-corrected chi connectivity index (χ2v) is 4.18. The first-order valence-electron chi connectivity index (χ1n) is 5.48. The molecule has 7 heteroatoms. The summed E-state index contributed by atoms with van der Waals surface area (Å²) in [7, 11) is 4.66. The highest BCUT2D eigenvalue weighted by molar-refractivity contribution is 5.98. The summed E-state index contributed by atoms with van der Waals surface area (Å²) in [5.74, 6) is -1.86. The molecule has 0 radical (unpaired) electrons. The van der Waals surface area contributed by atoms with E-state index in [9.17, 15) is 14.4 Å². The number of hydrogen-bond donors (Lipinski definition) is 1. The molecule has 0 fully saturated rings. The van der Waals surface area contributed by atoms with Crippen molar-refractivity contribution in [1.82, 2.24) is 14.8 Å². The van der Waals surface area contributed by atoms with E-state index in [1.54, 1.807) is 14.1 Å². The van der Waals surface area contributed by atoms with E-state index in [1.807, 2.05) is 0 Å². The highest BCUT2D eigenvalue weighted by atomic mass is 16.4. The molecule has 0 aromatic carbocycles. The van der Waals surface area contributed by atoms with Crippen molar-refractivity contribution < 1.29 is 19.5 Å². The third-order valence-corrected chi connectivity index (χ3v) is 2.44. The van der Waals surface area contributed by atoms with Crippen LogP contribution in [0.1, 0.15) is 20.8 Å². The maximum atomic E-state index is 12.0. The zero-order valence-corrected chi connectivity index (χ0v) is 11.0. The van der Waals surface area contributed by atoms with E-state index in [0.717, 1.165) is 0 Å². The fourth-order valence-electron chi connectivity index (χ4n) is 1.32. The molecule has 0 bridgehead atoms. The minimum atomic E-state index is -1.21. The van der Waals surface area contributed by atoms with Crippen LogP contribution in [0.2, 0.25) is 0 Å². The predicted octanol–water partition coefficient (Wildman–Crippen LogP) is -0.0600. The van der Waals surface area contributed by atoms with E-state index in [-0.39, 0.29) is 23.7 Å². The predicted molar refractivity (Wildman–Crippen MR) is 66.9 cm³/mol. The number of aromatic carboxylic acids is 1. The molecule has 102 valence electrons. The fraction of sp³-hybridized carbons (Fsp3) is 0.333. The standard InChI is InChI=1S/C12H15N3O4/c1-14(2)10(16)7-15(3)11(17)8-4-5-13-9(6-8)12(18)19/h4-6H,7H2,1-3H3,(H,18,19). The van der Waals surface area contributed by atoms with E-state index in [1.165, 1.54) is 35.2 Å². The molecule has 0 unspecified atom stereocenters. The van der Waals surface area contributed by atoms with Gasteiger partial charge in [-0.15, -0.1) is 0 Å². The number of likely N-dealkylation sites (N-methyl/N-ethyl adjacent to an activating group) is 2. The Morgan fingerprint density at radius 1 is 1.26 bits per heavy atom. The molecule has 1 heterocycles. The molecule has 0 aliphatic heterocycles. The molecule has 1 aromatic rings. The second kappa shape index (κ2) is 5.94. The van der Waals surface area contributed by atoms with Crippen LogP contribution in [0.5, 0.6) is 0 Å². The Hall–Kier alpha value is -2.44. The smallest absolute Gasteiger partial charge is 0.354 e. The number of aromatic nitrogens is 1. The lowest BCUT2D eigenvalue weighted by Crippen LogP contribution is -2.37. The summed E-state index contributed by atoms with van der Waals surface area (Å²) in [5.41, 5.74) is -0.0281. The number of carboxylic acids is 1. The lowest BCUT2D eigenvalue weighted by molar-refractivity contribution is -0.129. The lowest BCUT2D eigenvalue weighted by atomic mass is 10.2. The molecule has 19 heavy (non-hydrogen) atoms. The Morgan fingerprint density at radius 2 is 1.89 bits per heavy atom. The first-order chi connectivity index (χ1) is 8.82. The number of hydrogen-bond acceptors (Lipinski definition) is 4. The second-order valence-electron chi connectivity index (χ2n) is 4.18. The van der Waals surface area contributed by atoms with E-state index in [2.05, 4.69) is 4.98 Å². The van der Waals surface area contributed by atoms with Gasteiger partial charge in [0.05, 0.1) is 6.54 Å². The van der Waals surface area contributed by atoms with Crippen LogP contribution in [-0.4, -0.2) is 65.4 Å². The van der Waals surface area contributed by atoms with Crippen LogP contribution in [-0.2, 0) is 4.79 Å². The number of rotatable bonds is 4. The highest BCUT2D eigenvalue weighted by Crippen LogP contribution is 2.05. The average molecular weight is 265 g/mol. The zero-order valence-electron chi connectivity index (χ0n) is 11.0. The van der Waals surface area contributed by atoms with Gasteiger partial charge in [0.1, 0.15) is 5.69 Å². The van der Waals surface area contributed by atoms with Crippen molar-refractivity contribution in [1.29, 1.82) is 0 Å². The lowest BCUT2D eigenvalue weighted by Gasteiger charge is -2.19.